The molecule has 33 heavy (non-hydrogen) atoms. The summed E-state index contributed by atoms with van der Waals surface area (Å²) in [6.45, 7) is 5.70. The summed E-state index contributed by atoms with van der Waals surface area (Å²) >= 11 is 1.41. The van der Waals surface area contributed by atoms with E-state index in [0.717, 1.165) is 37.7 Å². The van der Waals surface area contributed by atoms with E-state index in [-0.39, 0.29) is 0 Å². The molecule has 3 nitrogen and oxygen atoms in total. The molecule has 0 aromatic heterocycles. The molecule has 4 heteroatoms. The molecule has 2 rings (SSSR count). The van der Waals surface area contributed by atoms with E-state index in [1.807, 2.05) is 30.3 Å². The number of unbranched alkanes of at least 4 members (excludes halogenated alkanes) is 13. The standard InChI is InChI=1S/C16H32O.C13H20AsNO/c1-2-3-4-5-6-7-8-9-10-11-12-13-14-15-16-17;14-13(16,12-6-2-1-3-7-12)8-11-15-9-4-5-10-15/h16H,2-15H2,1H3;1-3,6-7,16H,4-5,8-11,14H2. The monoisotopic (exact) mass is 521 g/mol. The van der Waals surface area contributed by atoms with Crippen LogP contribution in [0.15, 0.2) is 30.3 Å². The number of likely N-dealkylation sites (tertiary alicyclic amines) is 1. The van der Waals surface area contributed by atoms with Crippen molar-refractivity contribution in [3.8, 4) is 0 Å². The number of nitrogens with zero attached hydrogens (tertiary/aromatic N) is 1. The van der Waals surface area contributed by atoms with Crippen LogP contribution in [-0.2, 0) is 9.18 Å². The Balaban J connectivity index is 0.000000330. The van der Waals surface area contributed by atoms with Crippen LogP contribution in [0, 0.1) is 0 Å². The Morgan fingerprint density at radius 2 is 1.33 bits per heavy atom. The van der Waals surface area contributed by atoms with Gasteiger partial charge < -0.3 is 4.79 Å². The first kappa shape index (κ1) is 30.4. The molecule has 0 radical (unpaired) electrons. The zero-order valence-electron chi connectivity index (χ0n) is 21.5. The first-order valence-electron chi connectivity index (χ1n) is 13.8. The fourth-order valence-electron chi connectivity index (χ4n) is 4.45. The van der Waals surface area contributed by atoms with Crippen molar-refractivity contribution in [3.63, 3.8) is 0 Å². The summed E-state index contributed by atoms with van der Waals surface area (Å²) in [5.74, 6) is 0. The van der Waals surface area contributed by atoms with Crippen LogP contribution in [0.1, 0.15) is 122 Å². The molecule has 1 aliphatic rings. The normalized spacial score (nSPS) is 15.6. The first-order chi connectivity index (χ1) is 16.1. The van der Waals surface area contributed by atoms with Gasteiger partial charge in [0, 0.05) is 6.42 Å². The van der Waals surface area contributed by atoms with Crippen LogP contribution in [0.25, 0.3) is 0 Å². The van der Waals surface area contributed by atoms with Crippen molar-refractivity contribution in [2.45, 2.75) is 120 Å². The average Bonchev–Trinajstić information content (AvgIpc) is 3.36. The fraction of sp³-hybridized carbons (Fsp3) is 0.759. The third-order valence-corrected chi connectivity index (χ3v) is 8.01. The third kappa shape index (κ3) is 16.6. The molecule has 2 unspecified atom stereocenters. The van der Waals surface area contributed by atoms with E-state index < -0.39 is 4.39 Å². The van der Waals surface area contributed by atoms with Crippen LogP contribution >= 0.6 is 0 Å². The maximum absolute atomic E-state index is 10.4. The molecule has 0 amide bonds. The Labute approximate surface area is 213 Å². The summed E-state index contributed by atoms with van der Waals surface area (Å²) < 4.78 is -0.628. The Morgan fingerprint density at radius 3 is 1.82 bits per heavy atom. The van der Waals surface area contributed by atoms with Crippen molar-refractivity contribution in [3.05, 3.63) is 35.9 Å². The van der Waals surface area contributed by atoms with Crippen molar-refractivity contribution in [1.82, 2.24) is 4.90 Å². The molecular weight excluding hydrogens is 469 g/mol. The second-order valence-corrected chi connectivity index (χ2v) is 11.8. The van der Waals surface area contributed by atoms with Crippen LogP contribution in [0.3, 0.4) is 0 Å². The van der Waals surface area contributed by atoms with Crippen molar-refractivity contribution in [2.24, 2.45) is 0 Å². The number of aldehydes is 1. The van der Waals surface area contributed by atoms with Gasteiger partial charge in [-0.05, 0) is 6.42 Å². The zero-order valence-corrected chi connectivity index (χ0v) is 23.9. The van der Waals surface area contributed by atoms with Crippen LogP contribution < -0.4 is 0 Å². The van der Waals surface area contributed by atoms with Crippen molar-refractivity contribution in [2.75, 3.05) is 19.6 Å². The molecule has 1 aliphatic heterocycles. The van der Waals surface area contributed by atoms with Crippen LogP contribution in [0.5, 0.6) is 0 Å². The Kier molecular flexibility index (Phi) is 19.1. The molecule has 0 bridgehead atoms. The van der Waals surface area contributed by atoms with E-state index in [4.69, 9.17) is 0 Å². The third-order valence-electron chi connectivity index (χ3n) is 6.71. The van der Waals surface area contributed by atoms with Crippen LogP contribution in [0.2, 0.25) is 0 Å². The predicted octanol–water partition coefficient (Wildman–Crippen LogP) is 6.62. The van der Waals surface area contributed by atoms with Crippen LogP contribution in [-0.4, -0.2) is 52.8 Å². The second-order valence-electron chi connectivity index (χ2n) is 9.79. The van der Waals surface area contributed by atoms with E-state index >= 15 is 0 Å². The predicted molar refractivity (Wildman–Crippen MR) is 146 cm³/mol. The van der Waals surface area contributed by atoms with Crippen molar-refractivity contribution < 1.29 is 9.90 Å². The van der Waals surface area contributed by atoms with Crippen LogP contribution in [0.4, 0.5) is 0 Å². The summed E-state index contributed by atoms with van der Waals surface area (Å²) in [7, 11) is 0. The summed E-state index contributed by atoms with van der Waals surface area (Å²) in [5.41, 5.74) is 1.05. The molecule has 1 heterocycles. The molecule has 1 saturated heterocycles. The van der Waals surface area contributed by atoms with Gasteiger partial charge in [-0.2, -0.15) is 0 Å². The van der Waals surface area contributed by atoms with Gasteiger partial charge in [0.15, 0.2) is 0 Å². The van der Waals surface area contributed by atoms with Gasteiger partial charge in [-0.3, -0.25) is 0 Å². The molecule has 1 aromatic carbocycles. The van der Waals surface area contributed by atoms with Gasteiger partial charge >= 0.3 is 106 Å². The number of hydrogen-bond acceptors (Lipinski definition) is 3. The first-order valence-corrected chi connectivity index (χ1v) is 15.0. The number of aliphatic hydroxyl groups is 1. The Morgan fingerprint density at radius 1 is 0.848 bits per heavy atom. The number of carbonyl (C=O) groups excluding carboxylic acids is 1. The van der Waals surface area contributed by atoms with Gasteiger partial charge in [-0.25, -0.2) is 0 Å². The minimum absolute atomic E-state index is 0.628. The van der Waals surface area contributed by atoms with E-state index in [9.17, 15) is 9.90 Å². The Hall–Kier alpha value is -0.632. The molecule has 0 aliphatic carbocycles. The zero-order chi connectivity index (χ0) is 24.0. The molecule has 1 N–H and O–H groups in total. The number of benzene rings is 1. The van der Waals surface area contributed by atoms with Crippen molar-refractivity contribution in [1.29, 1.82) is 0 Å². The molecule has 190 valence electrons. The van der Waals surface area contributed by atoms with Gasteiger partial charge in [-0.15, -0.1) is 0 Å². The van der Waals surface area contributed by atoms with Gasteiger partial charge in [0.05, 0.1) is 0 Å². The number of carbonyl (C=O) groups is 1. The maximum atomic E-state index is 10.4. The summed E-state index contributed by atoms with van der Waals surface area (Å²) in [4.78, 5) is 12.6. The quantitative estimate of drug-likeness (QED) is 0.134. The molecule has 1 fully saturated rings. The van der Waals surface area contributed by atoms with Gasteiger partial charge in [-0.1, -0.05) is 84.0 Å². The SMILES string of the molecule is CCCCCCCCCCCCCCCC=O.OC([AsH2])(CCN1CCCC1)c1ccccc1. The van der Waals surface area contributed by atoms with E-state index in [0.29, 0.717) is 0 Å². The topological polar surface area (TPSA) is 40.5 Å². The Bertz CT molecular complexity index is 558. The molecule has 0 saturated carbocycles. The number of rotatable bonds is 18. The summed E-state index contributed by atoms with van der Waals surface area (Å²) in [6.07, 6.45) is 23.1. The van der Waals surface area contributed by atoms with E-state index in [1.54, 1.807) is 0 Å². The van der Waals surface area contributed by atoms with Gasteiger partial charge in [0.2, 0.25) is 0 Å². The number of hydrogen-bond donors (Lipinski definition) is 1. The fourth-order valence-corrected chi connectivity index (χ4v) is 5.13. The second kappa shape index (κ2) is 20.7. The van der Waals surface area contributed by atoms with E-state index in [2.05, 4.69) is 11.8 Å². The molecule has 1 aromatic rings. The molecule has 2 atom stereocenters. The summed E-state index contributed by atoms with van der Waals surface area (Å²) in [6, 6.07) is 10.0. The molecule has 0 spiro atoms. The van der Waals surface area contributed by atoms with Crippen molar-refractivity contribution >= 4 is 23.1 Å². The minimum atomic E-state index is -0.628. The average molecular weight is 522 g/mol. The van der Waals surface area contributed by atoms with E-state index in [1.165, 1.54) is 120 Å². The summed E-state index contributed by atoms with van der Waals surface area (Å²) in [5, 5.41) is 10.4. The van der Waals surface area contributed by atoms with Gasteiger partial charge in [0.1, 0.15) is 6.29 Å². The molecular formula is C29H52AsNO2. The van der Waals surface area contributed by atoms with Gasteiger partial charge in [0.25, 0.3) is 0 Å².